The molecule has 0 amide bonds. The van der Waals surface area contributed by atoms with Gasteiger partial charge in [0.1, 0.15) is 5.82 Å². The molecule has 100 valence electrons. The maximum Gasteiger partial charge on any atom is 0.375 e. The number of benzene rings is 1. The van der Waals surface area contributed by atoms with Crippen molar-refractivity contribution < 1.29 is 9.90 Å². The highest BCUT2D eigenvalue weighted by Crippen LogP contribution is 2.23. The largest absolute Gasteiger partial charge is 0.475 e. The first kappa shape index (κ1) is 13.7. The quantitative estimate of drug-likeness (QED) is 0.939. The minimum atomic E-state index is -1.11. The second-order valence-electron chi connectivity index (χ2n) is 4.20. The number of carboxylic acid groups (broad SMARTS) is 1. The molecule has 1 heterocycles. The molecule has 0 unspecified atom stereocenters. The van der Waals surface area contributed by atoms with Gasteiger partial charge in [-0.2, -0.15) is 0 Å². The highest BCUT2D eigenvalue weighted by atomic mass is 79.9. The third-order valence-corrected chi connectivity index (χ3v) is 3.67. The van der Waals surface area contributed by atoms with Gasteiger partial charge >= 0.3 is 5.97 Å². The molecule has 0 aliphatic rings. The highest BCUT2D eigenvalue weighted by molar-refractivity contribution is 9.10. The van der Waals surface area contributed by atoms with Gasteiger partial charge in [-0.1, -0.05) is 28.9 Å². The first-order chi connectivity index (χ1) is 9.04. The summed E-state index contributed by atoms with van der Waals surface area (Å²) < 4.78 is 2.58. The zero-order valence-electron chi connectivity index (χ0n) is 10.7. The van der Waals surface area contributed by atoms with E-state index < -0.39 is 5.97 Å². The lowest BCUT2D eigenvalue weighted by molar-refractivity contribution is 0.0683. The van der Waals surface area contributed by atoms with E-state index in [0.717, 1.165) is 22.1 Å². The second-order valence-corrected chi connectivity index (χ2v) is 5.06. The summed E-state index contributed by atoms with van der Waals surface area (Å²) in [5.74, 6) is -0.604. The summed E-state index contributed by atoms with van der Waals surface area (Å²) in [6, 6.07) is 5.73. The van der Waals surface area contributed by atoms with E-state index in [4.69, 9.17) is 5.11 Å². The minimum Gasteiger partial charge on any atom is -0.475 e. The van der Waals surface area contributed by atoms with Gasteiger partial charge in [-0.25, -0.2) is 14.5 Å². The lowest BCUT2D eigenvalue weighted by Gasteiger charge is -2.09. The molecule has 0 saturated carbocycles. The molecule has 19 heavy (non-hydrogen) atoms. The number of rotatable bonds is 4. The summed E-state index contributed by atoms with van der Waals surface area (Å²) in [6.45, 7) is 3.98. The molecule has 2 rings (SSSR count). The van der Waals surface area contributed by atoms with Crippen LogP contribution < -0.4 is 0 Å². The van der Waals surface area contributed by atoms with Crippen molar-refractivity contribution in [2.45, 2.75) is 26.7 Å². The van der Waals surface area contributed by atoms with Crippen LogP contribution in [-0.2, 0) is 6.42 Å². The molecule has 1 aromatic heterocycles. The number of nitrogens with zero attached hydrogens (tertiary/aromatic N) is 3. The van der Waals surface area contributed by atoms with Gasteiger partial charge in [0, 0.05) is 10.9 Å². The molecular formula is C13H14BrN3O2. The fraction of sp³-hybridized carbons (Fsp3) is 0.308. The van der Waals surface area contributed by atoms with Gasteiger partial charge in [0.25, 0.3) is 5.82 Å². The second kappa shape index (κ2) is 5.52. The van der Waals surface area contributed by atoms with Gasteiger partial charge in [0.15, 0.2) is 0 Å². The molecule has 1 N–H and O–H groups in total. The van der Waals surface area contributed by atoms with Crippen molar-refractivity contribution in [1.29, 1.82) is 0 Å². The Morgan fingerprint density at radius 2 is 2.21 bits per heavy atom. The Hall–Kier alpha value is -1.69. The van der Waals surface area contributed by atoms with E-state index in [-0.39, 0.29) is 5.82 Å². The predicted molar refractivity (Wildman–Crippen MR) is 74.8 cm³/mol. The van der Waals surface area contributed by atoms with Gasteiger partial charge in [0.05, 0.1) is 5.69 Å². The molecule has 0 aliphatic heterocycles. The molecule has 0 saturated heterocycles. The Kier molecular flexibility index (Phi) is 3.99. The van der Waals surface area contributed by atoms with E-state index >= 15 is 0 Å². The summed E-state index contributed by atoms with van der Waals surface area (Å²) in [5, 5.41) is 13.1. The van der Waals surface area contributed by atoms with Crippen molar-refractivity contribution >= 4 is 21.9 Å². The average Bonchev–Trinajstić information content (AvgIpc) is 2.77. The third-order valence-electron chi connectivity index (χ3n) is 2.81. The first-order valence-electron chi connectivity index (χ1n) is 5.99. The Morgan fingerprint density at radius 3 is 2.84 bits per heavy atom. The zero-order valence-corrected chi connectivity index (χ0v) is 12.3. The monoisotopic (exact) mass is 323 g/mol. The summed E-state index contributed by atoms with van der Waals surface area (Å²) in [4.78, 5) is 15.1. The first-order valence-corrected chi connectivity index (χ1v) is 6.78. The van der Waals surface area contributed by atoms with Crippen molar-refractivity contribution in [2.24, 2.45) is 0 Å². The van der Waals surface area contributed by atoms with Gasteiger partial charge in [-0.05, 0) is 31.0 Å². The molecule has 6 heteroatoms. The maximum absolute atomic E-state index is 11.0. The Labute approximate surface area is 119 Å². The zero-order chi connectivity index (χ0) is 14.0. The van der Waals surface area contributed by atoms with Crippen LogP contribution in [0.2, 0.25) is 0 Å². The third kappa shape index (κ3) is 2.68. The van der Waals surface area contributed by atoms with E-state index in [1.54, 1.807) is 4.68 Å². The molecule has 0 bridgehead atoms. The molecular weight excluding hydrogens is 310 g/mol. The van der Waals surface area contributed by atoms with E-state index in [1.165, 1.54) is 0 Å². The van der Waals surface area contributed by atoms with E-state index in [1.807, 2.05) is 32.0 Å². The van der Waals surface area contributed by atoms with Crippen molar-refractivity contribution in [3.05, 3.63) is 39.9 Å². The fourth-order valence-electron chi connectivity index (χ4n) is 1.84. The molecule has 0 fully saturated rings. The van der Waals surface area contributed by atoms with Crippen LogP contribution in [0.3, 0.4) is 0 Å². The average molecular weight is 324 g/mol. The SMILES string of the molecule is CCCc1nc(C(=O)O)nn1-c1cccc(Br)c1C. The Balaban J connectivity index is 2.59. The number of hydrogen-bond acceptors (Lipinski definition) is 3. The minimum absolute atomic E-state index is 0.164. The lowest BCUT2D eigenvalue weighted by Crippen LogP contribution is -2.05. The molecule has 1 aromatic carbocycles. The van der Waals surface area contributed by atoms with Gasteiger partial charge in [-0.3, -0.25) is 0 Å². The number of aromatic nitrogens is 3. The Bertz CT molecular complexity index is 622. The molecule has 0 aliphatic carbocycles. The van der Waals surface area contributed by atoms with E-state index in [9.17, 15) is 4.79 Å². The molecule has 2 aromatic rings. The molecule has 0 spiro atoms. The smallest absolute Gasteiger partial charge is 0.375 e. The lowest BCUT2D eigenvalue weighted by atomic mass is 10.2. The van der Waals surface area contributed by atoms with Crippen LogP contribution in [0.5, 0.6) is 0 Å². The number of hydrogen-bond donors (Lipinski definition) is 1. The predicted octanol–water partition coefficient (Wildman–Crippen LogP) is 2.99. The summed E-state index contributed by atoms with van der Waals surface area (Å²) in [7, 11) is 0. The van der Waals surface area contributed by atoms with Crippen LogP contribution in [0, 0.1) is 6.92 Å². The topological polar surface area (TPSA) is 68.0 Å². The summed E-state index contributed by atoms with van der Waals surface area (Å²) >= 11 is 3.46. The van der Waals surface area contributed by atoms with E-state index in [0.29, 0.717) is 12.2 Å². The maximum atomic E-state index is 11.0. The number of carbonyl (C=O) groups is 1. The van der Waals surface area contributed by atoms with Crippen LogP contribution in [0.1, 0.15) is 35.4 Å². The van der Waals surface area contributed by atoms with Crippen LogP contribution in [0.25, 0.3) is 5.69 Å². The molecule has 0 radical (unpaired) electrons. The van der Waals surface area contributed by atoms with Gasteiger partial charge in [-0.15, -0.1) is 5.10 Å². The number of halogens is 1. The molecule has 0 atom stereocenters. The number of aryl methyl sites for hydroxylation is 1. The normalized spacial score (nSPS) is 10.7. The van der Waals surface area contributed by atoms with Crippen molar-refractivity contribution in [3.63, 3.8) is 0 Å². The van der Waals surface area contributed by atoms with Crippen molar-refractivity contribution in [3.8, 4) is 5.69 Å². The number of carboxylic acids is 1. The summed E-state index contributed by atoms with van der Waals surface area (Å²) in [6.07, 6.45) is 1.57. The van der Waals surface area contributed by atoms with Crippen LogP contribution in [0.4, 0.5) is 0 Å². The van der Waals surface area contributed by atoms with Crippen molar-refractivity contribution in [2.75, 3.05) is 0 Å². The van der Waals surface area contributed by atoms with Gasteiger partial charge < -0.3 is 5.11 Å². The fourth-order valence-corrected chi connectivity index (χ4v) is 2.19. The molecule has 5 nitrogen and oxygen atoms in total. The number of aromatic carboxylic acids is 1. The van der Waals surface area contributed by atoms with Crippen LogP contribution >= 0.6 is 15.9 Å². The van der Waals surface area contributed by atoms with Crippen molar-refractivity contribution in [1.82, 2.24) is 14.8 Å². The van der Waals surface area contributed by atoms with Crippen LogP contribution in [0.15, 0.2) is 22.7 Å². The van der Waals surface area contributed by atoms with Crippen LogP contribution in [-0.4, -0.2) is 25.8 Å². The highest BCUT2D eigenvalue weighted by Gasteiger charge is 2.17. The summed E-state index contributed by atoms with van der Waals surface area (Å²) in [5.41, 5.74) is 1.85. The van der Waals surface area contributed by atoms with Gasteiger partial charge in [0.2, 0.25) is 0 Å². The van der Waals surface area contributed by atoms with E-state index in [2.05, 4.69) is 26.0 Å². The standard InChI is InChI=1S/C13H14BrN3O2/c1-3-5-11-15-12(13(18)19)16-17(11)10-7-4-6-9(14)8(10)2/h4,6-7H,3,5H2,1-2H3,(H,18,19). The Morgan fingerprint density at radius 1 is 1.47 bits per heavy atom.